The summed E-state index contributed by atoms with van der Waals surface area (Å²) in [4.78, 5) is 13.2. The molecule has 0 spiro atoms. The van der Waals surface area contributed by atoms with Crippen LogP contribution in [0.25, 0.3) is 0 Å². The van der Waals surface area contributed by atoms with Gasteiger partial charge in [0.1, 0.15) is 5.66 Å². The molecule has 1 aromatic carbocycles. The van der Waals surface area contributed by atoms with E-state index in [0.29, 0.717) is 5.56 Å². The molecule has 136 valence electrons. The lowest BCUT2D eigenvalue weighted by molar-refractivity contribution is -0.116. The zero-order chi connectivity index (χ0) is 18.4. The third-order valence-electron chi connectivity index (χ3n) is 5.62. The lowest BCUT2D eigenvalue weighted by Crippen LogP contribution is -2.32. The molecule has 25 heavy (non-hydrogen) atoms. The first-order valence-corrected chi connectivity index (χ1v) is 12.3. The molecule has 1 fully saturated rings. The van der Waals surface area contributed by atoms with Gasteiger partial charge < -0.3 is 5.32 Å². The van der Waals surface area contributed by atoms with E-state index in [9.17, 15) is 4.79 Å². The van der Waals surface area contributed by atoms with Crippen molar-refractivity contribution in [3.05, 3.63) is 28.8 Å². The fourth-order valence-electron chi connectivity index (χ4n) is 4.15. The molecule has 0 radical (unpaired) electrons. The highest BCUT2D eigenvalue weighted by Gasteiger charge is 2.45. The molecule has 0 bridgehead atoms. The second-order valence-corrected chi connectivity index (χ2v) is 12.2. The number of carbonyl (C=O) groups is 1. The van der Waals surface area contributed by atoms with Crippen molar-refractivity contribution in [2.24, 2.45) is 0 Å². The van der Waals surface area contributed by atoms with E-state index in [4.69, 9.17) is 5.26 Å². The fourth-order valence-corrected chi connectivity index (χ4v) is 8.41. The molecule has 0 aromatic heterocycles. The Morgan fingerprint density at radius 3 is 2.24 bits per heavy atom. The van der Waals surface area contributed by atoms with Crippen molar-refractivity contribution in [3.63, 3.8) is 0 Å². The summed E-state index contributed by atoms with van der Waals surface area (Å²) >= 11 is 0. The largest absolute Gasteiger partial charge is 0.322 e. The van der Waals surface area contributed by atoms with Crippen molar-refractivity contribution in [2.75, 3.05) is 24.3 Å². The molecular weight excluding hydrogens is 327 g/mol. The average molecular weight is 359 g/mol. The molecule has 1 atom stereocenters. The molecule has 1 amide bonds. The number of hydrogen-bond acceptors (Lipinski definition) is 2. The van der Waals surface area contributed by atoms with Crippen molar-refractivity contribution < 1.29 is 4.79 Å². The summed E-state index contributed by atoms with van der Waals surface area (Å²) in [6, 6.07) is 5.91. The topological polar surface area (TPSA) is 52.9 Å². The predicted molar refractivity (Wildman–Crippen MR) is 109 cm³/mol. The van der Waals surface area contributed by atoms with Gasteiger partial charge in [-0.25, -0.2) is 0 Å². The van der Waals surface area contributed by atoms with E-state index in [-0.39, 0.29) is 11.6 Å². The van der Waals surface area contributed by atoms with Gasteiger partial charge in [0.05, 0.1) is 24.0 Å². The molecule has 1 N–H and O–H groups in total. The zero-order valence-corrected chi connectivity index (χ0v) is 17.1. The summed E-state index contributed by atoms with van der Waals surface area (Å²) in [7, 11) is -1.24. The van der Waals surface area contributed by atoms with Crippen molar-refractivity contribution in [2.45, 2.75) is 65.0 Å². The maximum absolute atomic E-state index is 13.2. The van der Waals surface area contributed by atoms with E-state index in [2.05, 4.69) is 25.0 Å². The van der Waals surface area contributed by atoms with Crippen molar-refractivity contribution in [3.8, 4) is 6.07 Å². The van der Waals surface area contributed by atoms with Crippen LogP contribution in [0.5, 0.6) is 0 Å². The van der Waals surface area contributed by atoms with E-state index in [0.717, 1.165) is 29.7 Å². The molecule has 1 aliphatic rings. The van der Waals surface area contributed by atoms with Crippen LogP contribution >= 0.6 is 7.26 Å². The quantitative estimate of drug-likeness (QED) is 0.705. The van der Waals surface area contributed by atoms with Gasteiger partial charge in [0, 0.05) is 19.6 Å². The van der Waals surface area contributed by atoms with Crippen LogP contribution in [0.2, 0.25) is 0 Å². The van der Waals surface area contributed by atoms with Gasteiger partial charge in [-0.15, -0.1) is 0 Å². The Morgan fingerprint density at radius 1 is 1.20 bits per heavy atom. The Hall–Kier alpha value is -1.39. The normalized spacial score (nSPS) is 18.0. The maximum Gasteiger partial charge on any atom is 0.265 e. The van der Waals surface area contributed by atoms with Gasteiger partial charge >= 0.3 is 0 Å². The van der Waals surface area contributed by atoms with E-state index < -0.39 is 7.26 Å². The van der Waals surface area contributed by atoms with Gasteiger partial charge in [0.2, 0.25) is 0 Å². The molecular formula is C21H32N2OP+. The Kier molecular flexibility index (Phi) is 7.03. The smallest absolute Gasteiger partial charge is 0.265 e. The van der Waals surface area contributed by atoms with E-state index in [1.165, 1.54) is 38.0 Å². The molecule has 1 unspecified atom stereocenters. The first-order valence-electron chi connectivity index (χ1n) is 9.57. The summed E-state index contributed by atoms with van der Waals surface area (Å²) in [5.41, 5.74) is 3.67. The number of nitrogens with zero attached hydrogens (tertiary/aromatic N) is 1. The fraction of sp³-hybridized carbons (Fsp3) is 0.619. The molecule has 1 aliphatic heterocycles. The third-order valence-corrected chi connectivity index (χ3v) is 10.3. The van der Waals surface area contributed by atoms with Crippen LogP contribution in [-0.2, 0) is 4.79 Å². The SMILES string of the molecule is CCCC(C(=O)Nc1c(C)cc(C#N)cc1C)[P+]1(C)CCCCCC1. The molecule has 3 nitrogen and oxygen atoms in total. The number of carbonyl (C=O) groups excluding carboxylic acids is 1. The highest BCUT2D eigenvalue weighted by molar-refractivity contribution is 7.76. The minimum atomic E-state index is -1.24. The van der Waals surface area contributed by atoms with Crippen LogP contribution in [-0.4, -0.2) is 30.6 Å². The van der Waals surface area contributed by atoms with Crippen LogP contribution in [0.15, 0.2) is 12.1 Å². The summed E-state index contributed by atoms with van der Waals surface area (Å²) in [5.74, 6) is 0.204. The standard InChI is InChI=1S/C21H31N2OP/c1-5-10-19(25(4)11-8-6-7-9-12-25)21(24)23-20-16(2)13-18(15-22)14-17(20)3/h13-14,19H,5-12H2,1-4H3/p+1. The number of benzene rings is 1. The van der Waals surface area contributed by atoms with Gasteiger partial charge in [-0.3, -0.25) is 4.79 Å². The number of nitrogens with one attached hydrogen (secondary N) is 1. The van der Waals surface area contributed by atoms with Gasteiger partial charge in [0.25, 0.3) is 5.91 Å². The summed E-state index contributed by atoms with van der Waals surface area (Å²) in [6.07, 6.45) is 9.78. The number of amides is 1. The van der Waals surface area contributed by atoms with Crippen molar-refractivity contribution in [1.29, 1.82) is 5.26 Å². The van der Waals surface area contributed by atoms with Crippen LogP contribution in [0.4, 0.5) is 5.69 Å². The molecule has 4 heteroatoms. The molecule has 0 saturated carbocycles. The molecule has 2 rings (SSSR count). The van der Waals surface area contributed by atoms with E-state index in [1.807, 2.05) is 26.0 Å². The Labute approximate surface area is 153 Å². The minimum absolute atomic E-state index is 0.171. The van der Waals surface area contributed by atoms with Gasteiger partial charge in [-0.05, 0) is 69.2 Å². The number of anilines is 1. The number of nitriles is 1. The maximum atomic E-state index is 13.2. The summed E-state index contributed by atoms with van der Waals surface area (Å²) < 4.78 is 0. The minimum Gasteiger partial charge on any atom is -0.322 e. The van der Waals surface area contributed by atoms with Gasteiger partial charge in [-0.1, -0.05) is 13.3 Å². The predicted octanol–water partition coefficient (Wildman–Crippen LogP) is 5.50. The van der Waals surface area contributed by atoms with Crippen LogP contribution in [0.3, 0.4) is 0 Å². The second-order valence-electron chi connectivity index (χ2n) is 7.73. The Bertz CT molecular complexity index is 631. The van der Waals surface area contributed by atoms with Crippen LogP contribution in [0, 0.1) is 25.2 Å². The first-order chi connectivity index (χ1) is 11.9. The van der Waals surface area contributed by atoms with Crippen LogP contribution < -0.4 is 5.32 Å². The highest BCUT2D eigenvalue weighted by Crippen LogP contribution is 2.63. The third kappa shape index (κ3) is 4.83. The van der Waals surface area contributed by atoms with Gasteiger partial charge in [-0.2, -0.15) is 5.26 Å². The summed E-state index contributed by atoms with van der Waals surface area (Å²) in [6.45, 7) is 8.56. The molecule has 1 saturated heterocycles. The molecule has 1 aromatic rings. The average Bonchev–Trinajstić information content (AvgIpc) is 2.80. The lowest BCUT2D eigenvalue weighted by Gasteiger charge is -2.30. The number of hydrogen-bond donors (Lipinski definition) is 1. The van der Waals surface area contributed by atoms with Gasteiger partial charge in [0.15, 0.2) is 0 Å². The number of aryl methyl sites for hydroxylation is 2. The van der Waals surface area contributed by atoms with E-state index >= 15 is 0 Å². The lowest BCUT2D eigenvalue weighted by atomic mass is 10.0. The monoisotopic (exact) mass is 359 g/mol. The van der Waals surface area contributed by atoms with Crippen molar-refractivity contribution in [1.82, 2.24) is 0 Å². The first kappa shape index (κ1) is 19.9. The Balaban J connectivity index is 2.25. The highest BCUT2D eigenvalue weighted by atomic mass is 31.2. The summed E-state index contributed by atoms with van der Waals surface area (Å²) in [5, 5.41) is 12.4. The molecule has 0 aliphatic carbocycles. The van der Waals surface area contributed by atoms with E-state index in [1.54, 1.807) is 0 Å². The second kappa shape index (κ2) is 8.81. The number of rotatable bonds is 5. The van der Waals surface area contributed by atoms with Crippen molar-refractivity contribution >= 4 is 18.9 Å². The Morgan fingerprint density at radius 2 is 1.76 bits per heavy atom. The van der Waals surface area contributed by atoms with Crippen LogP contribution in [0.1, 0.15) is 62.1 Å². The zero-order valence-electron chi connectivity index (χ0n) is 16.2. The molecule has 1 heterocycles.